The van der Waals surface area contributed by atoms with Crippen LogP contribution in [0.4, 0.5) is 10.8 Å². The van der Waals surface area contributed by atoms with E-state index in [0.717, 1.165) is 11.3 Å². The molecule has 0 atom stereocenters. The molecule has 0 aliphatic heterocycles. The Balaban J connectivity index is 2.18. The topological polar surface area (TPSA) is 68.0 Å². The van der Waals surface area contributed by atoms with Gasteiger partial charge in [0.2, 0.25) is 5.91 Å². The number of benzene rings is 1. The van der Waals surface area contributed by atoms with Crippen molar-refractivity contribution in [2.24, 2.45) is 5.41 Å². The first-order chi connectivity index (χ1) is 8.86. The zero-order chi connectivity index (χ0) is 14.0. The van der Waals surface area contributed by atoms with Gasteiger partial charge in [-0.2, -0.15) is 0 Å². The summed E-state index contributed by atoms with van der Waals surface area (Å²) in [4.78, 5) is 16.3. The summed E-state index contributed by atoms with van der Waals surface area (Å²) in [5, 5.41) is 5.34. The molecule has 1 amide bonds. The number of aromatic nitrogens is 1. The maximum absolute atomic E-state index is 11.9. The van der Waals surface area contributed by atoms with Gasteiger partial charge in [0.25, 0.3) is 0 Å². The van der Waals surface area contributed by atoms with Crippen molar-refractivity contribution < 1.29 is 4.79 Å². The largest absolute Gasteiger partial charge is 0.399 e. The lowest BCUT2D eigenvalue weighted by molar-refractivity contribution is -0.123. The summed E-state index contributed by atoms with van der Waals surface area (Å²) in [5.74, 6) is -0.0408. The Morgan fingerprint density at radius 1 is 1.37 bits per heavy atom. The van der Waals surface area contributed by atoms with E-state index in [4.69, 9.17) is 5.73 Å². The van der Waals surface area contributed by atoms with Gasteiger partial charge in [-0.15, -0.1) is 11.3 Å². The number of hydrogen-bond donors (Lipinski definition) is 2. The van der Waals surface area contributed by atoms with E-state index < -0.39 is 5.41 Å². The molecule has 0 saturated heterocycles. The molecule has 0 saturated carbocycles. The van der Waals surface area contributed by atoms with E-state index in [9.17, 15) is 4.79 Å². The molecule has 0 bridgehead atoms. The van der Waals surface area contributed by atoms with Crippen LogP contribution in [0.2, 0.25) is 0 Å². The summed E-state index contributed by atoms with van der Waals surface area (Å²) < 4.78 is 0. The molecule has 0 unspecified atom stereocenters. The van der Waals surface area contributed by atoms with Crippen molar-refractivity contribution in [3.8, 4) is 11.3 Å². The first-order valence-electron chi connectivity index (χ1n) is 5.99. The first kappa shape index (κ1) is 13.5. The molecular weight excluding hydrogens is 258 g/mol. The Labute approximate surface area is 116 Å². The lowest BCUT2D eigenvalue weighted by Gasteiger charge is -2.15. The molecule has 2 rings (SSSR count). The van der Waals surface area contributed by atoms with E-state index >= 15 is 0 Å². The molecule has 19 heavy (non-hydrogen) atoms. The molecule has 3 N–H and O–H groups in total. The van der Waals surface area contributed by atoms with Crippen molar-refractivity contribution >= 4 is 28.1 Å². The second kappa shape index (κ2) is 5.01. The van der Waals surface area contributed by atoms with Crippen LogP contribution in [0.5, 0.6) is 0 Å². The molecule has 1 aromatic carbocycles. The van der Waals surface area contributed by atoms with Crippen LogP contribution in [0.25, 0.3) is 11.3 Å². The van der Waals surface area contributed by atoms with E-state index in [-0.39, 0.29) is 5.91 Å². The number of rotatable bonds is 2. The van der Waals surface area contributed by atoms with Crippen LogP contribution >= 0.6 is 11.3 Å². The fourth-order valence-electron chi connectivity index (χ4n) is 1.45. The van der Waals surface area contributed by atoms with Crippen LogP contribution in [-0.4, -0.2) is 10.9 Å². The third-order valence-electron chi connectivity index (χ3n) is 2.59. The first-order valence-corrected chi connectivity index (χ1v) is 6.87. The number of nitrogen functional groups attached to an aromatic ring is 1. The molecular formula is C14H17N3OS. The van der Waals surface area contributed by atoms with Gasteiger partial charge in [-0.05, 0) is 12.1 Å². The highest BCUT2D eigenvalue weighted by Crippen LogP contribution is 2.27. The van der Waals surface area contributed by atoms with Crippen molar-refractivity contribution in [1.82, 2.24) is 4.98 Å². The normalized spacial score (nSPS) is 11.3. The van der Waals surface area contributed by atoms with Crippen molar-refractivity contribution in [3.63, 3.8) is 0 Å². The Kier molecular flexibility index (Phi) is 3.57. The van der Waals surface area contributed by atoms with Gasteiger partial charge < -0.3 is 11.1 Å². The summed E-state index contributed by atoms with van der Waals surface area (Å²) in [6.07, 6.45) is 0. The van der Waals surface area contributed by atoms with Crippen LogP contribution in [0.1, 0.15) is 20.8 Å². The number of amides is 1. The third kappa shape index (κ3) is 3.32. The maximum atomic E-state index is 11.9. The van der Waals surface area contributed by atoms with Crippen molar-refractivity contribution in [3.05, 3.63) is 29.6 Å². The second-order valence-corrected chi connectivity index (χ2v) is 6.23. The Morgan fingerprint density at radius 2 is 2.11 bits per heavy atom. The molecule has 100 valence electrons. The minimum atomic E-state index is -0.428. The molecule has 0 radical (unpaired) electrons. The highest BCUT2D eigenvalue weighted by Gasteiger charge is 2.22. The van der Waals surface area contributed by atoms with Gasteiger partial charge >= 0.3 is 0 Å². The van der Waals surface area contributed by atoms with Gasteiger partial charge in [-0.1, -0.05) is 32.9 Å². The number of nitrogens with one attached hydrogen (secondary N) is 1. The van der Waals surface area contributed by atoms with Gasteiger partial charge in [0.15, 0.2) is 5.13 Å². The zero-order valence-corrected chi connectivity index (χ0v) is 12.0. The lowest BCUT2D eigenvalue weighted by atomic mass is 9.96. The number of carbonyl (C=O) groups excluding carboxylic acids is 1. The minimum absolute atomic E-state index is 0.0408. The Morgan fingerprint density at radius 3 is 2.74 bits per heavy atom. The summed E-state index contributed by atoms with van der Waals surface area (Å²) in [5.41, 5.74) is 7.79. The molecule has 0 fully saturated rings. The third-order valence-corrected chi connectivity index (χ3v) is 3.35. The maximum Gasteiger partial charge on any atom is 0.231 e. The van der Waals surface area contributed by atoms with Crippen LogP contribution in [0.15, 0.2) is 29.6 Å². The van der Waals surface area contributed by atoms with Crippen LogP contribution in [-0.2, 0) is 4.79 Å². The molecule has 2 aromatic rings. The SMILES string of the molecule is CC(C)(C)C(=O)Nc1nc(-c2cccc(N)c2)cs1. The van der Waals surface area contributed by atoms with Gasteiger partial charge in [-0.25, -0.2) is 4.98 Å². The Hall–Kier alpha value is -1.88. The highest BCUT2D eigenvalue weighted by molar-refractivity contribution is 7.14. The number of carbonyl (C=O) groups is 1. The van der Waals surface area contributed by atoms with Crippen molar-refractivity contribution in [2.75, 3.05) is 11.1 Å². The average Bonchev–Trinajstić information content (AvgIpc) is 2.76. The second-order valence-electron chi connectivity index (χ2n) is 5.37. The van der Waals surface area contributed by atoms with E-state index in [1.165, 1.54) is 11.3 Å². The number of nitrogens with two attached hydrogens (primary N) is 1. The van der Waals surface area contributed by atoms with Gasteiger partial charge in [-0.3, -0.25) is 4.79 Å². The summed E-state index contributed by atoms with van der Waals surface area (Å²) in [7, 11) is 0. The molecule has 0 aliphatic rings. The Bertz CT molecular complexity index is 599. The van der Waals surface area contributed by atoms with Gasteiger partial charge in [0.05, 0.1) is 5.69 Å². The summed E-state index contributed by atoms with van der Waals surface area (Å²) in [6, 6.07) is 7.53. The van der Waals surface area contributed by atoms with E-state index in [2.05, 4.69) is 10.3 Å². The molecule has 0 spiro atoms. The van der Waals surface area contributed by atoms with Crippen LogP contribution in [0.3, 0.4) is 0 Å². The molecule has 1 aromatic heterocycles. The average molecular weight is 275 g/mol. The highest BCUT2D eigenvalue weighted by atomic mass is 32.1. The quantitative estimate of drug-likeness (QED) is 0.826. The number of thiazole rings is 1. The predicted molar refractivity (Wildman–Crippen MR) is 80.0 cm³/mol. The summed E-state index contributed by atoms with van der Waals surface area (Å²) in [6.45, 7) is 5.61. The van der Waals surface area contributed by atoms with Gasteiger partial charge in [0.1, 0.15) is 0 Å². The number of hydrogen-bond acceptors (Lipinski definition) is 4. The number of nitrogens with zero attached hydrogens (tertiary/aromatic N) is 1. The van der Waals surface area contributed by atoms with Crippen LogP contribution in [0, 0.1) is 5.41 Å². The van der Waals surface area contributed by atoms with Gasteiger partial charge in [0, 0.05) is 22.0 Å². The molecule has 0 aliphatic carbocycles. The van der Waals surface area contributed by atoms with E-state index in [1.54, 1.807) is 0 Å². The monoisotopic (exact) mass is 275 g/mol. The zero-order valence-electron chi connectivity index (χ0n) is 11.2. The predicted octanol–water partition coefficient (Wildman–Crippen LogP) is 3.38. The summed E-state index contributed by atoms with van der Waals surface area (Å²) >= 11 is 1.41. The lowest BCUT2D eigenvalue weighted by Crippen LogP contribution is -2.27. The van der Waals surface area contributed by atoms with Crippen molar-refractivity contribution in [2.45, 2.75) is 20.8 Å². The fourth-order valence-corrected chi connectivity index (χ4v) is 2.16. The minimum Gasteiger partial charge on any atom is -0.399 e. The van der Waals surface area contributed by atoms with E-state index in [0.29, 0.717) is 10.8 Å². The molecule has 4 nitrogen and oxygen atoms in total. The smallest absolute Gasteiger partial charge is 0.231 e. The van der Waals surface area contributed by atoms with E-state index in [1.807, 2.05) is 50.4 Å². The number of anilines is 2. The molecule has 5 heteroatoms. The molecule has 1 heterocycles. The van der Waals surface area contributed by atoms with Crippen molar-refractivity contribution in [1.29, 1.82) is 0 Å². The van der Waals surface area contributed by atoms with Crippen LogP contribution < -0.4 is 11.1 Å². The fraction of sp³-hybridized carbons (Fsp3) is 0.286. The standard InChI is InChI=1S/C14H17N3OS/c1-14(2,3)12(18)17-13-16-11(8-19-13)9-5-4-6-10(15)7-9/h4-8H,15H2,1-3H3,(H,16,17,18).